The molecule has 0 unspecified atom stereocenters. The van der Waals surface area contributed by atoms with E-state index in [-0.39, 0.29) is 21.7 Å². The summed E-state index contributed by atoms with van der Waals surface area (Å²) in [4.78, 5) is 0. The maximum atomic E-state index is 6.71. The van der Waals surface area contributed by atoms with E-state index in [0.29, 0.717) is 26.4 Å². The third-order valence-electron chi connectivity index (χ3n) is 10.6. The summed E-state index contributed by atoms with van der Waals surface area (Å²) >= 11 is 0. The van der Waals surface area contributed by atoms with E-state index >= 15 is 0 Å². The highest BCUT2D eigenvalue weighted by molar-refractivity contribution is 5.81. The van der Waals surface area contributed by atoms with Crippen molar-refractivity contribution in [2.24, 2.45) is 0 Å². The van der Waals surface area contributed by atoms with Gasteiger partial charge in [0, 0.05) is 44.5 Å². The molecule has 0 saturated heterocycles. The molecule has 0 spiro atoms. The van der Waals surface area contributed by atoms with Crippen molar-refractivity contribution in [2.75, 3.05) is 28.4 Å². The Kier molecular flexibility index (Phi) is 11.6. The maximum absolute atomic E-state index is 6.71. The van der Waals surface area contributed by atoms with Crippen molar-refractivity contribution in [2.45, 2.75) is 131 Å². The van der Waals surface area contributed by atoms with Crippen LogP contribution in [0, 0.1) is 0 Å². The summed E-state index contributed by atoms with van der Waals surface area (Å²) in [5.74, 6) is 3.08. The van der Waals surface area contributed by atoms with E-state index in [1.54, 1.807) is 28.4 Å². The Morgan fingerprint density at radius 2 is 0.519 bits per heavy atom. The number of ether oxygens (including phenoxy) is 6. The quantitative estimate of drug-likeness (QED) is 0.208. The van der Waals surface area contributed by atoms with Gasteiger partial charge >= 0.3 is 0 Å². The average molecular weight is 737 g/mol. The van der Waals surface area contributed by atoms with E-state index in [2.05, 4.69) is 132 Å². The van der Waals surface area contributed by atoms with Crippen molar-refractivity contribution >= 4 is 0 Å². The largest absolute Gasteiger partial charge is 0.496 e. The van der Waals surface area contributed by atoms with Gasteiger partial charge in [-0.1, -0.05) is 83.1 Å². The van der Waals surface area contributed by atoms with Crippen LogP contribution in [0.15, 0.2) is 48.5 Å². The van der Waals surface area contributed by atoms with Crippen LogP contribution < -0.4 is 18.9 Å². The maximum Gasteiger partial charge on any atom is 0.132 e. The molecule has 0 atom stereocenters. The molecule has 0 saturated carbocycles. The Hall–Kier alpha value is -4.00. The van der Waals surface area contributed by atoms with E-state index < -0.39 is 0 Å². The van der Waals surface area contributed by atoms with E-state index in [1.807, 2.05) is 0 Å². The Labute approximate surface area is 325 Å². The van der Waals surface area contributed by atoms with Gasteiger partial charge in [0.05, 0.1) is 54.9 Å². The van der Waals surface area contributed by atoms with Crippen LogP contribution in [0.3, 0.4) is 0 Å². The molecule has 0 amide bonds. The molecule has 1 aliphatic heterocycles. The summed E-state index contributed by atoms with van der Waals surface area (Å²) in [6, 6.07) is 17.9. The molecule has 5 rings (SSSR count). The predicted octanol–water partition coefficient (Wildman–Crippen LogP) is 12.0. The summed E-state index contributed by atoms with van der Waals surface area (Å²) in [5.41, 5.74) is 11.9. The lowest BCUT2D eigenvalue weighted by atomic mass is 9.81. The second-order valence-electron chi connectivity index (χ2n) is 18.9. The van der Waals surface area contributed by atoms with Crippen LogP contribution in [-0.4, -0.2) is 28.4 Å². The highest BCUT2D eigenvalue weighted by Gasteiger charge is 2.29. The Morgan fingerprint density at radius 3 is 0.667 bits per heavy atom. The van der Waals surface area contributed by atoms with Crippen LogP contribution in [0.25, 0.3) is 22.3 Å². The Balaban J connectivity index is 1.87. The minimum Gasteiger partial charge on any atom is -0.496 e. The minimum atomic E-state index is -0.134. The molecule has 292 valence electrons. The van der Waals surface area contributed by atoms with Gasteiger partial charge in [-0.3, -0.25) is 0 Å². The Morgan fingerprint density at radius 1 is 0.333 bits per heavy atom. The molecule has 0 radical (unpaired) electrons. The lowest BCUT2D eigenvalue weighted by Crippen LogP contribution is -2.15. The van der Waals surface area contributed by atoms with E-state index in [0.717, 1.165) is 67.5 Å². The fourth-order valence-electron chi connectivity index (χ4n) is 7.22. The molecule has 6 heteroatoms. The zero-order valence-electron chi connectivity index (χ0n) is 35.9. The summed E-state index contributed by atoms with van der Waals surface area (Å²) in [5, 5.41) is 0. The summed E-state index contributed by atoms with van der Waals surface area (Å²) < 4.78 is 38.6. The van der Waals surface area contributed by atoms with Gasteiger partial charge in [-0.05, 0) is 92.4 Å². The molecular weight excluding hydrogens is 673 g/mol. The van der Waals surface area contributed by atoms with Crippen molar-refractivity contribution < 1.29 is 28.4 Å². The van der Waals surface area contributed by atoms with Gasteiger partial charge in [-0.2, -0.15) is 0 Å². The second kappa shape index (κ2) is 15.3. The summed E-state index contributed by atoms with van der Waals surface area (Å²) in [6.45, 7) is 28.2. The third-order valence-corrected chi connectivity index (χ3v) is 10.6. The van der Waals surface area contributed by atoms with Crippen LogP contribution in [0.1, 0.15) is 128 Å². The standard InChI is InChI=1S/C48H64O6/c1-45(2,3)33-17-29-25-53-26-31-19-35(47(7,8)9)23-39(43(31)51-15)40-24-36(48(10,11)12)20-32(44(40)52-16)28-54-27-30-18-34(46(4,5)6)22-38(42(30)50-14)37(21-33)41(29)49-13/h17-24H,25-28H2,1-16H3. The molecule has 0 aromatic heterocycles. The monoisotopic (exact) mass is 736 g/mol. The number of hydrogen-bond acceptors (Lipinski definition) is 6. The minimum absolute atomic E-state index is 0.134. The summed E-state index contributed by atoms with van der Waals surface area (Å²) in [6.07, 6.45) is 0. The number of methoxy groups -OCH3 is 4. The molecule has 54 heavy (non-hydrogen) atoms. The van der Waals surface area contributed by atoms with Crippen molar-refractivity contribution in [3.63, 3.8) is 0 Å². The average Bonchev–Trinajstić information content (AvgIpc) is 3.08. The molecule has 4 aromatic rings. The van der Waals surface area contributed by atoms with Crippen molar-refractivity contribution in [3.8, 4) is 45.3 Å². The van der Waals surface area contributed by atoms with Gasteiger partial charge < -0.3 is 28.4 Å². The van der Waals surface area contributed by atoms with Crippen LogP contribution in [0.4, 0.5) is 0 Å². The first-order chi connectivity index (χ1) is 25.1. The number of benzene rings is 4. The van der Waals surface area contributed by atoms with Crippen molar-refractivity contribution in [3.05, 3.63) is 93.0 Å². The van der Waals surface area contributed by atoms with Gasteiger partial charge in [0.2, 0.25) is 0 Å². The summed E-state index contributed by atoms with van der Waals surface area (Å²) in [7, 11) is 6.96. The smallest absolute Gasteiger partial charge is 0.132 e. The van der Waals surface area contributed by atoms with Gasteiger partial charge in [0.25, 0.3) is 0 Å². The Bertz CT molecular complexity index is 1700. The van der Waals surface area contributed by atoms with Crippen molar-refractivity contribution in [1.29, 1.82) is 0 Å². The fraction of sp³-hybridized carbons (Fsp3) is 0.500. The first-order valence-corrected chi connectivity index (χ1v) is 19.1. The van der Waals surface area contributed by atoms with E-state index in [4.69, 9.17) is 28.4 Å². The van der Waals surface area contributed by atoms with Gasteiger partial charge in [-0.15, -0.1) is 0 Å². The van der Waals surface area contributed by atoms with Crippen LogP contribution >= 0.6 is 0 Å². The fourth-order valence-corrected chi connectivity index (χ4v) is 7.22. The van der Waals surface area contributed by atoms with Gasteiger partial charge in [0.15, 0.2) is 0 Å². The lowest BCUT2D eigenvalue weighted by molar-refractivity contribution is 0.103. The molecule has 0 fully saturated rings. The van der Waals surface area contributed by atoms with Crippen LogP contribution in [-0.2, 0) is 57.6 Å². The molecule has 0 N–H and O–H groups in total. The van der Waals surface area contributed by atoms with Gasteiger partial charge in [0.1, 0.15) is 23.0 Å². The van der Waals surface area contributed by atoms with Crippen molar-refractivity contribution in [1.82, 2.24) is 0 Å². The van der Waals surface area contributed by atoms with E-state index in [9.17, 15) is 0 Å². The third kappa shape index (κ3) is 8.45. The first-order valence-electron chi connectivity index (χ1n) is 19.1. The molecule has 8 bridgehead atoms. The van der Waals surface area contributed by atoms with E-state index in [1.165, 1.54) is 22.3 Å². The van der Waals surface area contributed by atoms with Crippen LogP contribution in [0.5, 0.6) is 23.0 Å². The van der Waals surface area contributed by atoms with Gasteiger partial charge in [-0.25, -0.2) is 0 Å². The normalized spacial score (nSPS) is 14.2. The SMILES string of the molecule is COc1c2cc(C(C)(C)C)cc1-c1cc(C(C)(C)C)cc(c1OC)COCc1cc(C(C)(C)C)cc(c1OC)-c1cc(C(C)(C)C)cc(c1OC)COC2. The zero-order chi connectivity index (χ0) is 40.0. The molecule has 1 heterocycles. The predicted molar refractivity (Wildman–Crippen MR) is 222 cm³/mol. The lowest BCUT2D eigenvalue weighted by Gasteiger charge is -2.28. The second-order valence-corrected chi connectivity index (χ2v) is 18.9. The molecule has 4 aromatic carbocycles. The van der Waals surface area contributed by atoms with Crippen LogP contribution in [0.2, 0.25) is 0 Å². The first kappa shape index (κ1) is 41.2. The molecule has 0 aliphatic carbocycles. The molecule has 6 nitrogen and oxygen atoms in total. The number of rotatable bonds is 4. The molecular formula is C48H64O6. The highest BCUT2D eigenvalue weighted by Crippen LogP contribution is 2.48. The zero-order valence-corrected chi connectivity index (χ0v) is 35.9. The highest BCUT2D eigenvalue weighted by atomic mass is 16.5. The number of hydrogen-bond donors (Lipinski definition) is 0. The topological polar surface area (TPSA) is 55.4 Å². The molecule has 1 aliphatic rings. The number of fused-ring (bicyclic) bond motifs is 10.